The van der Waals surface area contributed by atoms with E-state index in [1.165, 1.54) is 11.8 Å². The Labute approximate surface area is 175 Å². The third-order valence-corrected chi connectivity index (χ3v) is 4.45. The Morgan fingerprint density at radius 1 is 1.46 bits per heavy atom. The molecule has 8 nitrogen and oxygen atoms in total. The van der Waals surface area contributed by atoms with Gasteiger partial charge in [-0.05, 0) is 46.4 Å². The summed E-state index contributed by atoms with van der Waals surface area (Å²) in [6.07, 6.45) is 6.81. The molecule has 0 unspecified atom stereocenters. The maximum Gasteiger partial charge on any atom is 0.175 e. The molecule has 0 bridgehead atoms. The molecule has 0 radical (unpaired) electrons. The van der Waals surface area contributed by atoms with Crippen molar-refractivity contribution < 1.29 is 14.6 Å². The van der Waals surface area contributed by atoms with Crippen LogP contribution < -0.4 is 15.2 Å². The number of nitriles is 2. The van der Waals surface area contributed by atoms with Gasteiger partial charge in [0.05, 0.1) is 29.4 Å². The third kappa shape index (κ3) is 4.37. The van der Waals surface area contributed by atoms with Gasteiger partial charge in [0.25, 0.3) is 0 Å². The molecule has 0 atom stereocenters. The number of ether oxygens (including phenoxy) is 2. The summed E-state index contributed by atoms with van der Waals surface area (Å²) < 4.78 is 12.9. The summed E-state index contributed by atoms with van der Waals surface area (Å²) in [5.74, 6) is 3.45. The molecule has 9 heteroatoms. The minimum atomic E-state index is -0.198. The molecule has 0 aliphatic rings. The van der Waals surface area contributed by atoms with Crippen LogP contribution in [0.4, 0.5) is 5.82 Å². The van der Waals surface area contributed by atoms with Crippen LogP contribution in [0.15, 0.2) is 12.1 Å². The van der Waals surface area contributed by atoms with Gasteiger partial charge in [-0.15, -0.1) is 6.42 Å². The first-order valence-corrected chi connectivity index (χ1v) is 9.01. The number of aliphatic hydroxyl groups excluding tert-OH is 1. The van der Waals surface area contributed by atoms with Gasteiger partial charge in [0.2, 0.25) is 0 Å². The Balaban J connectivity index is 2.56. The Bertz CT molecular complexity index is 1040. The number of methoxy groups -OCH3 is 1. The van der Waals surface area contributed by atoms with Crippen molar-refractivity contribution in [2.75, 3.05) is 26.1 Å². The van der Waals surface area contributed by atoms with Crippen LogP contribution in [0.5, 0.6) is 11.5 Å². The fraction of sp³-hybridized carbons (Fsp3) is 0.211. The number of benzene rings is 1. The van der Waals surface area contributed by atoms with Crippen LogP contribution in [-0.2, 0) is 6.54 Å². The molecule has 2 aromatic rings. The molecule has 2 rings (SSSR count). The summed E-state index contributed by atoms with van der Waals surface area (Å²) in [7, 11) is 1.50. The van der Waals surface area contributed by atoms with Crippen molar-refractivity contribution in [2.24, 2.45) is 0 Å². The molecule has 1 aromatic carbocycles. The van der Waals surface area contributed by atoms with E-state index in [0.29, 0.717) is 17.1 Å². The molecule has 0 aliphatic heterocycles. The quantitative estimate of drug-likeness (QED) is 0.346. The molecular weight excluding hydrogens is 473 g/mol. The first-order chi connectivity index (χ1) is 13.5. The maximum atomic E-state index is 9.61. The third-order valence-electron chi connectivity index (χ3n) is 3.65. The van der Waals surface area contributed by atoms with Gasteiger partial charge in [-0.3, -0.25) is 0 Å². The fourth-order valence-electron chi connectivity index (χ4n) is 2.44. The summed E-state index contributed by atoms with van der Waals surface area (Å²) in [6, 6.07) is 7.48. The topological polar surface area (TPSA) is 130 Å². The van der Waals surface area contributed by atoms with Crippen molar-refractivity contribution in [3.8, 4) is 36.0 Å². The summed E-state index contributed by atoms with van der Waals surface area (Å²) in [6.45, 7) is 0.0144. The van der Waals surface area contributed by atoms with Crippen molar-refractivity contribution in [2.45, 2.75) is 6.54 Å². The Kier molecular flexibility index (Phi) is 7.28. The lowest BCUT2D eigenvalue weighted by atomic mass is 10.1. The number of hydrogen-bond donors (Lipinski definition) is 2. The van der Waals surface area contributed by atoms with Gasteiger partial charge < -0.3 is 20.3 Å². The molecule has 0 fully saturated rings. The number of anilines is 1. The molecule has 0 aliphatic carbocycles. The summed E-state index contributed by atoms with van der Waals surface area (Å²) in [4.78, 5) is 0. The predicted molar refractivity (Wildman–Crippen MR) is 112 cm³/mol. The fourth-order valence-corrected chi connectivity index (χ4v) is 3.22. The largest absolute Gasteiger partial charge is 0.493 e. The number of aliphatic hydroxyl groups is 1. The number of terminal acetylenes is 1. The average molecular weight is 489 g/mol. The van der Waals surface area contributed by atoms with Crippen LogP contribution >= 0.6 is 22.6 Å². The van der Waals surface area contributed by atoms with Gasteiger partial charge in [-0.25, -0.2) is 4.68 Å². The average Bonchev–Trinajstić information content (AvgIpc) is 3.00. The predicted octanol–water partition coefficient (Wildman–Crippen LogP) is 2.02. The van der Waals surface area contributed by atoms with Crippen molar-refractivity contribution in [1.29, 1.82) is 10.5 Å². The van der Waals surface area contributed by atoms with E-state index in [1.807, 2.05) is 12.1 Å². The summed E-state index contributed by atoms with van der Waals surface area (Å²) in [5, 5.41) is 32.3. The number of nitrogen functional groups attached to an aromatic ring is 1. The van der Waals surface area contributed by atoms with Crippen LogP contribution in [0.25, 0.3) is 11.6 Å². The number of halogens is 1. The second-order valence-electron chi connectivity index (χ2n) is 5.36. The molecule has 0 amide bonds. The van der Waals surface area contributed by atoms with E-state index >= 15 is 0 Å². The first kappa shape index (κ1) is 21.1. The van der Waals surface area contributed by atoms with Crippen molar-refractivity contribution >= 4 is 40.1 Å². The zero-order valence-electron chi connectivity index (χ0n) is 14.9. The van der Waals surface area contributed by atoms with Crippen LogP contribution in [0.1, 0.15) is 16.8 Å². The van der Waals surface area contributed by atoms with Crippen LogP contribution in [0.2, 0.25) is 0 Å². The SMILES string of the molecule is C#CCOc1c(I)cc(C=C(C#N)c2nn(CCO)c(N)c2C#N)cc1OC. The van der Waals surface area contributed by atoms with E-state index in [4.69, 9.17) is 26.7 Å². The van der Waals surface area contributed by atoms with Gasteiger partial charge in [-0.2, -0.15) is 15.6 Å². The molecule has 142 valence electrons. The molecule has 3 N–H and O–H groups in total. The smallest absolute Gasteiger partial charge is 0.175 e. The number of allylic oxidation sites excluding steroid dienone is 1. The molecule has 1 heterocycles. The second-order valence-corrected chi connectivity index (χ2v) is 6.53. The van der Waals surface area contributed by atoms with E-state index < -0.39 is 0 Å². The zero-order chi connectivity index (χ0) is 20.7. The molecule has 0 saturated heterocycles. The van der Waals surface area contributed by atoms with E-state index in [0.717, 1.165) is 3.57 Å². The molecule has 0 saturated carbocycles. The molecule has 0 spiro atoms. The van der Waals surface area contributed by atoms with Gasteiger partial charge in [-0.1, -0.05) is 5.92 Å². The zero-order valence-corrected chi connectivity index (χ0v) is 17.1. The van der Waals surface area contributed by atoms with Crippen molar-refractivity contribution in [3.63, 3.8) is 0 Å². The highest BCUT2D eigenvalue weighted by atomic mass is 127. The van der Waals surface area contributed by atoms with E-state index in [9.17, 15) is 10.5 Å². The Hall–Kier alpha value is -3.20. The lowest BCUT2D eigenvalue weighted by Crippen LogP contribution is -2.07. The lowest BCUT2D eigenvalue weighted by Gasteiger charge is -2.12. The second kappa shape index (κ2) is 9.65. The summed E-state index contributed by atoms with van der Waals surface area (Å²) >= 11 is 2.08. The number of nitrogens with two attached hydrogens (primary N) is 1. The maximum absolute atomic E-state index is 9.61. The van der Waals surface area contributed by atoms with E-state index in [2.05, 4.69) is 33.6 Å². The van der Waals surface area contributed by atoms with Gasteiger partial charge in [0, 0.05) is 0 Å². The Morgan fingerprint density at radius 2 is 2.21 bits per heavy atom. The lowest BCUT2D eigenvalue weighted by molar-refractivity contribution is 0.270. The van der Waals surface area contributed by atoms with Gasteiger partial charge in [0.1, 0.15) is 35.8 Å². The van der Waals surface area contributed by atoms with Crippen molar-refractivity contribution in [1.82, 2.24) is 9.78 Å². The van der Waals surface area contributed by atoms with Crippen LogP contribution in [0, 0.1) is 38.6 Å². The number of aromatic nitrogens is 2. The normalized spacial score (nSPS) is 10.6. The van der Waals surface area contributed by atoms with Crippen LogP contribution in [-0.4, -0.2) is 35.2 Å². The Morgan fingerprint density at radius 3 is 2.79 bits per heavy atom. The molecule has 1 aromatic heterocycles. The highest BCUT2D eigenvalue weighted by Gasteiger charge is 2.19. The van der Waals surface area contributed by atoms with E-state index in [-0.39, 0.29) is 42.4 Å². The van der Waals surface area contributed by atoms with E-state index in [1.54, 1.807) is 18.2 Å². The number of nitrogens with zero attached hydrogens (tertiary/aromatic N) is 4. The highest BCUT2D eigenvalue weighted by molar-refractivity contribution is 14.1. The van der Waals surface area contributed by atoms with Crippen molar-refractivity contribution in [3.05, 3.63) is 32.5 Å². The number of hydrogen-bond acceptors (Lipinski definition) is 7. The van der Waals surface area contributed by atoms with Gasteiger partial charge >= 0.3 is 0 Å². The number of rotatable bonds is 7. The molecule has 28 heavy (non-hydrogen) atoms. The first-order valence-electron chi connectivity index (χ1n) is 7.93. The molecular formula is C19H16IN5O3. The van der Waals surface area contributed by atoms with Crippen LogP contribution in [0.3, 0.4) is 0 Å². The summed E-state index contributed by atoms with van der Waals surface area (Å²) in [5.41, 5.74) is 6.92. The monoisotopic (exact) mass is 489 g/mol. The highest BCUT2D eigenvalue weighted by Crippen LogP contribution is 2.35. The minimum absolute atomic E-state index is 0.0804. The standard InChI is InChI=1S/C19H16IN5O3/c1-3-6-28-18-15(20)8-12(9-16(18)27-2)7-13(10-21)17-14(11-22)19(23)25(24-17)4-5-26/h1,7-9,26H,4-6,23H2,2H3. The minimum Gasteiger partial charge on any atom is -0.493 e. The van der Waals surface area contributed by atoms with Gasteiger partial charge in [0.15, 0.2) is 11.5 Å².